The Balaban J connectivity index is 1.85. The van der Waals surface area contributed by atoms with Gasteiger partial charge < -0.3 is 10.7 Å². The summed E-state index contributed by atoms with van der Waals surface area (Å²) in [6, 6.07) is 1.54. The molecule has 110 valence electrons. The molecule has 0 aromatic carbocycles. The quantitative estimate of drug-likeness (QED) is 0.554. The average molecular weight is 297 g/mol. The molecule has 0 aliphatic heterocycles. The number of rotatable bonds is 7. The smallest absolute Gasteiger partial charge is 0.242 e. The summed E-state index contributed by atoms with van der Waals surface area (Å²) < 4.78 is 26.6. The Morgan fingerprint density at radius 1 is 1.45 bits per heavy atom. The predicted molar refractivity (Wildman–Crippen MR) is 75.5 cm³/mol. The van der Waals surface area contributed by atoms with Crippen molar-refractivity contribution in [2.75, 3.05) is 6.54 Å². The summed E-state index contributed by atoms with van der Waals surface area (Å²) in [5.41, 5.74) is 8.26. The van der Waals surface area contributed by atoms with Gasteiger partial charge in [0, 0.05) is 30.7 Å². The molecule has 2 aromatic rings. The molecule has 0 radical (unpaired) electrons. The van der Waals surface area contributed by atoms with Gasteiger partial charge in [-0.25, -0.2) is 13.1 Å². The molecule has 0 fully saturated rings. The lowest BCUT2D eigenvalue weighted by Crippen LogP contribution is -2.24. The molecular weight excluding hydrogens is 278 g/mol. The molecule has 0 amide bonds. The largest absolute Gasteiger partial charge is 0.363 e. The van der Waals surface area contributed by atoms with Gasteiger partial charge in [0.1, 0.15) is 0 Å². The van der Waals surface area contributed by atoms with Gasteiger partial charge in [-0.1, -0.05) is 0 Å². The fourth-order valence-corrected chi connectivity index (χ4v) is 2.98. The van der Waals surface area contributed by atoms with Crippen LogP contribution in [-0.2, 0) is 23.0 Å². The lowest BCUT2D eigenvalue weighted by molar-refractivity contribution is 0.579. The molecule has 0 atom stereocenters. The summed E-state index contributed by atoms with van der Waals surface area (Å²) in [7, 11) is -3.46. The van der Waals surface area contributed by atoms with E-state index in [9.17, 15) is 8.42 Å². The van der Waals surface area contributed by atoms with E-state index in [4.69, 9.17) is 5.73 Å². The maximum Gasteiger partial charge on any atom is 0.242 e. The molecule has 0 saturated carbocycles. The number of nitrogens with zero attached hydrogens (tertiary/aromatic N) is 1. The third-order valence-corrected chi connectivity index (χ3v) is 4.54. The SMILES string of the molecule is Cc1[nH]ncc1CCCNS(=O)(=O)c1c[nH]c(CN)c1. The standard InChI is InChI=1S/C12H19N5O2S/c1-9-10(7-15-17-9)3-2-4-16-20(18,19)12-5-11(6-13)14-8-12/h5,7-8,14,16H,2-4,6,13H2,1H3,(H,15,17). The second-order valence-corrected chi connectivity index (χ2v) is 6.35. The molecular formula is C12H19N5O2S. The molecule has 0 aliphatic rings. The molecule has 8 heteroatoms. The predicted octanol–water partition coefficient (Wildman–Crippen LogP) is 0.416. The van der Waals surface area contributed by atoms with Crippen LogP contribution < -0.4 is 10.5 Å². The van der Waals surface area contributed by atoms with E-state index in [0.29, 0.717) is 18.7 Å². The molecule has 0 aliphatic carbocycles. The molecule has 0 bridgehead atoms. The molecule has 2 rings (SSSR count). The lowest BCUT2D eigenvalue weighted by Gasteiger charge is -2.04. The van der Waals surface area contributed by atoms with E-state index in [1.807, 2.05) is 6.92 Å². The number of nitrogens with one attached hydrogen (secondary N) is 3. The van der Waals surface area contributed by atoms with Gasteiger partial charge in [0.05, 0.1) is 11.1 Å². The summed E-state index contributed by atoms with van der Waals surface area (Å²) in [5, 5.41) is 6.79. The topological polar surface area (TPSA) is 117 Å². The number of H-pyrrole nitrogens is 2. The minimum Gasteiger partial charge on any atom is -0.363 e. The van der Waals surface area contributed by atoms with Crippen LogP contribution in [0, 0.1) is 6.92 Å². The van der Waals surface area contributed by atoms with Crippen LogP contribution in [0.2, 0.25) is 0 Å². The Labute approximate surface area is 118 Å². The van der Waals surface area contributed by atoms with Crippen LogP contribution >= 0.6 is 0 Å². The fraction of sp³-hybridized carbons (Fsp3) is 0.417. The second-order valence-electron chi connectivity index (χ2n) is 4.59. The van der Waals surface area contributed by atoms with Crippen LogP contribution in [0.3, 0.4) is 0 Å². The van der Waals surface area contributed by atoms with Crippen LogP contribution in [0.25, 0.3) is 0 Å². The number of hydrogen-bond donors (Lipinski definition) is 4. The average Bonchev–Trinajstić information content (AvgIpc) is 3.04. The highest BCUT2D eigenvalue weighted by Crippen LogP contribution is 2.10. The highest BCUT2D eigenvalue weighted by molar-refractivity contribution is 7.89. The number of aromatic nitrogens is 3. The second kappa shape index (κ2) is 6.21. The fourth-order valence-electron chi connectivity index (χ4n) is 1.89. The van der Waals surface area contributed by atoms with Gasteiger partial charge in [-0.3, -0.25) is 5.10 Å². The van der Waals surface area contributed by atoms with E-state index in [-0.39, 0.29) is 11.4 Å². The third-order valence-electron chi connectivity index (χ3n) is 3.10. The van der Waals surface area contributed by atoms with Gasteiger partial charge in [0.25, 0.3) is 0 Å². The van der Waals surface area contributed by atoms with Gasteiger partial charge in [0.15, 0.2) is 0 Å². The van der Waals surface area contributed by atoms with Gasteiger partial charge >= 0.3 is 0 Å². The van der Waals surface area contributed by atoms with Crippen molar-refractivity contribution in [2.45, 2.75) is 31.2 Å². The van der Waals surface area contributed by atoms with Gasteiger partial charge in [-0.2, -0.15) is 5.10 Å². The molecule has 5 N–H and O–H groups in total. The third kappa shape index (κ3) is 3.47. The summed E-state index contributed by atoms with van der Waals surface area (Å²) in [4.78, 5) is 3.05. The van der Waals surface area contributed by atoms with E-state index < -0.39 is 10.0 Å². The minimum atomic E-state index is -3.46. The van der Waals surface area contributed by atoms with Crippen molar-refractivity contribution >= 4 is 10.0 Å². The number of sulfonamides is 1. The normalized spacial score (nSPS) is 11.9. The van der Waals surface area contributed by atoms with Crippen molar-refractivity contribution in [1.82, 2.24) is 19.9 Å². The van der Waals surface area contributed by atoms with Crippen molar-refractivity contribution in [2.24, 2.45) is 5.73 Å². The first-order chi connectivity index (χ1) is 9.53. The molecule has 7 nitrogen and oxygen atoms in total. The van der Waals surface area contributed by atoms with Crippen molar-refractivity contribution in [3.05, 3.63) is 35.4 Å². The summed E-state index contributed by atoms with van der Waals surface area (Å²) in [6.45, 7) is 2.62. The maximum absolute atomic E-state index is 12.0. The van der Waals surface area contributed by atoms with E-state index in [1.165, 1.54) is 6.20 Å². The van der Waals surface area contributed by atoms with Gasteiger partial charge in [-0.05, 0) is 31.4 Å². The monoisotopic (exact) mass is 297 g/mol. The molecule has 0 spiro atoms. The zero-order chi connectivity index (χ0) is 14.6. The molecule has 0 saturated heterocycles. The van der Waals surface area contributed by atoms with Crippen LogP contribution in [0.15, 0.2) is 23.4 Å². The summed E-state index contributed by atoms with van der Waals surface area (Å²) in [6.07, 6.45) is 4.72. The van der Waals surface area contributed by atoms with E-state index in [0.717, 1.165) is 17.7 Å². The molecule has 2 aromatic heterocycles. The van der Waals surface area contributed by atoms with E-state index in [2.05, 4.69) is 19.9 Å². The number of aromatic amines is 2. The zero-order valence-electron chi connectivity index (χ0n) is 11.3. The Bertz CT molecular complexity index is 659. The van der Waals surface area contributed by atoms with Gasteiger partial charge in [0.2, 0.25) is 10.0 Å². The Hall–Kier alpha value is -1.64. The van der Waals surface area contributed by atoms with Crippen molar-refractivity contribution in [3.63, 3.8) is 0 Å². The molecule has 2 heterocycles. The highest BCUT2D eigenvalue weighted by Gasteiger charge is 2.15. The lowest BCUT2D eigenvalue weighted by atomic mass is 10.1. The first-order valence-corrected chi connectivity index (χ1v) is 7.87. The minimum absolute atomic E-state index is 0.220. The van der Waals surface area contributed by atoms with Crippen LogP contribution in [0.5, 0.6) is 0 Å². The van der Waals surface area contributed by atoms with Crippen LogP contribution in [0.4, 0.5) is 0 Å². The van der Waals surface area contributed by atoms with E-state index in [1.54, 1.807) is 12.3 Å². The summed E-state index contributed by atoms with van der Waals surface area (Å²) >= 11 is 0. The van der Waals surface area contributed by atoms with E-state index >= 15 is 0 Å². The van der Waals surface area contributed by atoms with Gasteiger partial charge in [-0.15, -0.1) is 0 Å². The first-order valence-electron chi connectivity index (χ1n) is 6.39. The number of aryl methyl sites for hydroxylation is 2. The molecule has 0 unspecified atom stereocenters. The zero-order valence-corrected chi connectivity index (χ0v) is 12.1. The number of nitrogens with two attached hydrogens (primary N) is 1. The van der Waals surface area contributed by atoms with Crippen LogP contribution in [-0.4, -0.2) is 30.1 Å². The maximum atomic E-state index is 12.0. The Morgan fingerprint density at radius 2 is 2.25 bits per heavy atom. The first kappa shape index (κ1) is 14.8. The Kier molecular flexibility index (Phi) is 4.58. The van der Waals surface area contributed by atoms with Crippen molar-refractivity contribution < 1.29 is 8.42 Å². The number of hydrogen-bond acceptors (Lipinski definition) is 4. The molecule has 20 heavy (non-hydrogen) atoms. The Morgan fingerprint density at radius 3 is 2.85 bits per heavy atom. The van der Waals surface area contributed by atoms with Crippen molar-refractivity contribution in [3.8, 4) is 0 Å². The highest BCUT2D eigenvalue weighted by atomic mass is 32.2. The summed E-state index contributed by atoms with van der Waals surface area (Å²) in [5.74, 6) is 0. The van der Waals surface area contributed by atoms with Crippen molar-refractivity contribution in [1.29, 1.82) is 0 Å². The van der Waals surface area contributed by atoms with Crippen LogP contribution in [0.1, 0.15) is 23.4 Å².